The van der Waals surface area contributed by atoms with Crippen LogP contribution in [0.1, 0.15) is 42.5 Å². The molecule has 0 fully saturated rings. The van der Waals surface area contributed by atoms with Crippen LogP contribution >= 0.6 is 0 Å². The molecule has 0 aliphatic carbocycles. The first-order valence-corrected chi connectivity index (χ1v) is 9.34. The summed E-state index contributed by atoms with van der Waals surface area (Å²) in [5, 5.41) is 5.50. The molecule has 0 aliphatic rings. The number of benzene rings is 2. The molecule has 2 rings (SSSR count). The number of primary amides is 1. The van der Waals surface area contributed by atoms with E-state index < -0.39 is 11.9 Å². The van der Waals surface area contributed by atoms with Gasteiger partial charge in [0.05, 0.1) is 6.04 Å². The number of nitrogens with two attached hydrogens (primary N) is 1. The van der Waals surface area contributed by atoms with E-state index in [4.69, 9.17) is 5.73 Å². The molecule has 6 heteroatoms. The Labute approximate surface area is 165 Å². The lowest BCUT2D eigenvalue weighted by atomic mass is 10.0. The Morgan fingerprint density at radius 2 is 1.46 bits per heavy atom. The fraction of sp³-hybridized carbons (Fsp3) is 0.318. The van der Waals surface area contributed by atoms with E-state index in [1.165, 1.54) is 0 Å². The number of aryl methyl sites for hydroxylation is 1. The van der Waals surface area contributed by atoms with Crippen molar-refractivity contribution in [3.8, 4) is 0 Å². The summed E-state index contributed by atoms with van der Waals surface area (Å²) in [6.07, 6.45) is 0.356. The van der Waals surface area contributed by atoms with Gasteiger partial charge in [0.15, 0.2) is 0 Å². The molecule has 2 atom stereocenters. The zero-order valence-electron chi connectivity index (χ0n) is 16.3. The third kappa shape index (κ3) is 6.54. The van der Waals surface area contributed by atoms with Gasteiger partial charge < -0.3 is 16.4 Å². The molecule has 0 saturated carbocycles. The maximum atomic E-state index is 12.2. The van der Waals surface area contributed by atoms with E-state index in [2.05, 4.69) is 10.6 Å². The second kappa shape index (κ2) is 10.3. The molecule has 2 aromatic carbocycles. The maximum Gasteiger partial charge on any atom is 0.240 e. The second-order valence-electron chi connectivity index (χ2n) is 6.85. The molecule has 0 radical (unpaired) electrons. The van der Waals surface area contributed by atoms with Crippen LogP contribution in [0.15, 0.2) is 54.6 Å². The Balaban J connectivity index is 1.83. The third-order valence-corrected chi connectivity index (χ3v) is 4.62. The number of amides is 3. The van der Waals surface area contributed by atoms with Gasteiger partial charge in [0.2, 0.25) is 17.7 Å². The molecular formula is C22H27N3O3. The molecule has 3 amide bonds. The molecule has 0 aromatic heterocycles. The van der Waals surface area contributed by atoms with Gasteiger partial charge in [0, 0.05) is 19.3 Å². The second-order valence-corrected chi connectivity index (χ2v) is 6.85. The number of hydrogen-bond acceptors (Lipinski definition) is 3. The predicted molar refractivity (Wildman–Crippen MR) is 108 cm³/mol. The summed E-state index contributed by atoms with van der Waals surface area (Å²) in [6.45, 7) is 3.83. The van der Waals surface area contributed by atoms with Crippen LogP contribution in [0.5, 0.6) is 0 Å². The first-order valence-electron chi connectivity index (χ1n) is 9.34. The highest BCUT2D eigenvalue weighted by Crippen LogP contribution is 2.12. The van der Waals surface area contributed by atoms with E-state index in [-0.39, 0.29) is 30.7 Å². The maximum absolute atomic E-state index is 12.2. The first-order chi connectivity index (χ1) is 13.4. The van der Waals surface area contributed by atoms with Crippen molar-refractivity contribution in [2.75, 3.05) is 0 Å². The van der Waals surface area contributed by atoms with Crippen LogP contribution < -0.4 is 16.4 Å². The molecule has 0 spiro atoms. The Morgan fingerprint density at radius 1 is 0.893 bits per heavy atom. The van der Waals surface area contributed by atoms with Gasteiger partial charge in [0.25, 0.3) is 0 Å². The summed E-state index contributed by atoms with van der Waals surface area (Å²) in [5.74, 6) is -1.19. The molecule has 2 aromatic rings. The lowest BCUT2D eigenvalue weighted by Gasteiger charge is -2.17. The Morgan fingerprint density at radius 3 is 2.07 bits per heavy atom. The topological polar surface area (TPSA) is 101 Å². The van der Waals surface area contributed by atoms with Crippen LogP contribution in [0.25, 0.3) is 0 Å². The lowest BCUT2D eigenvalue weighted by Crippen LogP contribution is -2.46. The lowest BCUT2D eigenvalue weighted by molar-refractivity contribution is -0.129. The number of carbonyl (C=O) groups excluding carboxylic acids is 3. The van der Waals surface area contributed by atoms with E-state index in [0.29, 0.717) is 6.42 Å². The third-order valence-electron chi connectivity index (χ3n) is 4.62. The predicted octanol–water partition coefficient (Wildman–Crippen LogP) is 2.17. The van der Waals surface area contributed by atoms with Crippen LogP contribution in [0.3, 0.4) is 0 Å². The summed E-state index contributed by atoms with van der Waals surface area (Å²) < 4.78 is 0. The Hall–Kier alpha value is -3.15. The minimum Gasteiger partial charge on any atom is -0.368 e. The van der Waals surface area contributed by atoms with Crippen molar-refractivity contribution in [1.82, 2.24) is 10.6 Å². The highest BCUT2D eigenvalue weighted by atomic mass is 16.2. The smallest absolute Gasteiger partial charge is 0.240 e. The van der Waals surface area contributed by atoms with Crippen molar-refractivity contribution in [2.45, 2.75) is 45.2 Å². The fourth-order valence-electron chi connectivity index (χ4n) is 2.91. The summed E-state index contributed by atoms with van der Waals surface area (Å²) in [4.78, 5) is 36.0. The van der Waals surface area contributed by atoms with E-state index in [0.717, 1.165) is 16.7 Å². The fourth-order valence-corrected chi connectivity index (χ4v) is 2.91. The molecule has 0 bridgehead atoms. The van der Waals surface area contributed by atoms with Crippen molar-refractivity contribution in [1.29, 1.82) is 0 Å². The quantitative estimate of drug-likeness (QED) is 0.620. The van der Waals surface area contributed by atoms with Gasteiger partial charge in [-0.3, -0.25) is 14.4 Å². The van der Waals surface area contributed by atoms with E-state index >= 15 is 0 Å². The Kier molecular flexibility index (Phi) is 7.75. The van der Waals surface area contributed by atoms with Crippen molar-refractivity contribution in [2.24, 2.45) is 5.73 Å². The SMILES string of the molecule is Cc1ccccc1C[C@@H](NC(=O)CCC(=O)N[C@H](C)c1ccccc1)C(N)=O. The van der Waals surface area contributed by atoms with E-state index in [1.807, 2.05) is 68.4 Å². The molecule has 6 nitrogen and oxygen atoms in total. The summed E-state index contributed by atoms with van der Waals surface area (Å²) in [7, 11) is 0. The zero-order valence-corrected chi connectivity index (χ0v) is 16.3. The monoisotopic (exact) mass is 381 g/mol. The number of carbonyl (C=O) groups is 3. The van der Waals surface area contributed by atoms with Gasteiger partial charge in [0.1, 0.15) is 6.04 Å². The van der Waals surface area contributed by atoms with Gasteiger partial charge in [-0.15, -0.1) is 0 Å². The highest BCUT2D eigenvalue weighted by molar-refractivity contribution is 5.88. The van der Waals surface area contributed by atoms with Crippen molar-refractivity contribution in [3.63, 3.8) is 0 Å². The van der Waals surface area contributed by atoms with Gasteiger partial charge in [-0.2, -0.15) is 0 Å². The van der Waals surface area contributed by atoms with Crippen LogP contribution in [-0.2, 0) is 20.8 Å². The van der Waals surface area contributed by atoms with Crippen LogP contribution in [0.4, 0.5) is 0 Å². The highest BCUT2D eigenvalue weighted by Gasteiger charge is 2.20. The normalized spacial score (nSPS) is 12.6. The van der Waals surface area contributed by atoms with Crippen molar-refractivity contribution >= 4 is 17.7 Å². The zero-order chi connectivity index (χ0) is 20.5. The van der Waals surface area contributed by atoms with Crippen LogP contribution in [0, 0.1) is 6.92 Å². The summed E-state index contributed by atoms with van der Waals surface area (Å²) in [5.41, 5.74) is 8.40. The summed E-state index contributed by atoms with van der Waals surface area (Å²) in [6, 6.07) is 16.3. The summed E-state index contributed by atoms with van der Waals surface area (Å²) >= 11 is 0. The molecule has 0 aliphatic heterocycles. The van der Waals surface area contributed by atoms with Gasteiger partial charge in [-0.05, 0) is 30.5 Å². The standard InChI is InChI=1S/C22H27N3O3/c1-15-8-6-7-11-18(15)14-19(22(23)28)25-21(27)13-12-20(26)24-16(2)17-9-4-3-5-10-17/h3-11,16,19H,12-14H2,1-2H3,(H2,23,28)(H,24,26)(H,25,27)/t16-,19-/m1/s1. The van der Waals surface area contributed by atoms with Crippen molar-refractivity contribution in [3.05, 3.63) is 71.3 Å². The molecule has 28 heavy (non-hydrogen) atoms. The molecular weight excluding hydrogens is 354 g/mol. The van der Waals surface area contributed by atoms with Gasteiger partial charge >= 0.3 is 0 Å². The Bertz CT molecular complexity index is 821. The minimum atomic E-state index is -0.806. The van der Waals surface area contributed by atoms with E-state index in [9.17, 15) is 14.4 Å². The molecule has 148 valence electrons. The molecule has 0 unspecified atom stereocenters. The molecule has 0 heterocycles. The van der Waals surface area contributed by atoms with Gasteiger partial charge in [-0.1, -0.05) is 54.6 Å². The average Bonchev–Trinajstić information content (AvgIpc) is 2.68. The largest absolute Gasteiger partial charge is 0.368 e. The number of hydrogen-bond donors (Lipinski definition) is 3. The number of rotatable bonds is 9. The van der Waals surface area contributed by atoms with E-state index in [1.54, 1.807) is 0 Å². The molecule has 0 saturated heterocycles. The average molecular weight is 381 g/mol. The molecule has 4 N–H and O–H groups in total. The minimum absolute atomic E-state index is 0.00903. The first kappa shape index (κ1) is 21.2. The van der Waals surface area contributed by atoms with Crippen LogP contribution in [-0.4, -0.2) is 23.8 Å². The van der Waals surface area contributed by atoms with Crippen LogP contribution in [0.2, 0.25) is 0 Å². The van der Waals surface area contributed by atoms with Gasteiger partial charge in [-0.25, -0.2) is 0 Å². The van der Waals surface area contributed by atoms with Crippen molar-refractivity contribution < 1.29 is 14.4 Å². The number of nitrogens with one attached hydrogen (secondary N) is 2.